The fraction of sp³-hybridized carbons (Fsp3) is 0.240. The van der Waals surface area contributed by atoms with Gasteiger partial charge in [-0.15, -0.1) is 11.3 Å². The van der Waals surface area contributed by atoms with Crippen LogP contribution in [0, 0.1) is 0 Å². The van der Waals surface area contributed by atoms with Crippen LogP contribution in [-0.4, -0.2) is 46.8 Å². The molecule has 0 spiro atoms. The lowest BCUT2D eigenvalue weighted by molar-refractivity contribution is 0.101. The molecule has 3 heterocycles. The van der Waals surface area contributed by atoms with E-state index in [-0.39, 0.29) is 11.3 Å². The minimum absolute atomic E-state index is 0.0747. The minimum Gasteiger partial charge on any atom is -0.369 e. The molecule has 0 amide bonds. The highest BCUT2D eigenvalue weighted by Crippen LogP contribution is 2.30. The SMILES string of the molecule is CC(=O)c1ccc(N2CCN(Cc3nc4scc(-c5ccccc5)c4c(=O)[nH]3)CC2)cc1. The fourth-order valence-corrected chi connectivity index (χ4v) is 5.15. The van der Waals surface area contributed by atoms with Gasteiger partial charge >= 0.3 is 0 Å². The lowest BCUT2D eigenvalue weighted by Gasteiger charge is -2.35. The average molecular weight is 445 g/mol. The van der Waals surface area contributed by atoms with Crippen LogP contribution in [0.4, 0.5) is 5.69 Å². The number of nitrogens with zero attached hydrogens (tertiary/aromatic N) is 3. The van der Waals surface area contributed by atoms with Gasteiger partial charge in [0.1, 0.15) is 10.7 Å². The summed E-state index contributed by atoms with van der Waals surface area (Å²) in [5.74, 6) is 0.796. The normalized spacial score (nSPS) is 14.7. The number of Topliss-reactive ketones (excluding diaryl/α,β-unsaturated/α-hetero) is 1. The molecule has 0 saturated carbocycles. The summed E-state index contributed by atoms with van der Waals surface area (Å²) in [7, 11) is 0. The highest BCUT2D eigenvalue weighted by molar-refractivity contribution is 7.17. The number of carbonyl (C=O) groups is 1. The minimum atomic E-state index is -0.0747. The van der Waals surface area contributed by atoms with Crippen molar-refractivity contribution in [3.63, 3.8) is 0 Å². The maximum absolute atomic E-state index is 12.9. The van der Waals surface area contributed by atoms with Crippen LogP contribution in [0.5, 0.6) is 0 Å². The van der Waals surface area contributed by atoms with Gasteiger partial charge < -0.3 is 9.88 Å². The molecule has 0 aliphatic carbocycles. The van der Waals surface area contributed by atoms with Gasteiger partial charge in [-0.05, 0) is 36.8 Å². The van der Waals surface area contributed by atoms with E-state index in [1.54, 1.807) is 6.92 Å². The first-order valence-corrected chi connectivity index (χ1v) is 11.6. The van der Waals surface area contributed by atoms with E-state index < -0.39 is 0 Å². The van der Waals surface area contributed by atoms with Crippen molar-refractivity contribution in [1.82, 2.24) is 14.9 Å². The zero-order valence-corrected chi connectivity index (χ0v) is 18.7. The standard InChI is InChI=1S/C25H24N4O2S/c1-17(30)18-7-9-20(10-8-18)29-13-11-28(12-14-29)15-22-26-24(31)23-21(16-32-25(23)27-22)19-5-3-2-4-6-19/h2-10,16H,11-15H2,1H3,(H,26,27,31). The Kier molecular flexibility index (Phi) is 5.59. The third-order valence-electron chi connectivity index (χ3n) is 5.96. The second kappa shape index (κ2) is 8.68. The number of ketones is 1. The molecule has 0 atom stereocenters. The summed E-state index contributed by atoms with van der Waals surface area (Å²) in [6.07, 6.45) is 0. The van der Waals surface area contributed by atoms with Gasteiger partial charge in [0.25, 0.3) is 5.56 Å². The molecule has 32 heavy (non-hydrogen) atoms. The Hall–Kier alpha value is -3.29. The molecule has 6 nitrogen and oxygen atoms in total. The van der Waals surface area contributed by atoms with Crippen LogP contribution in [0.15, 0.2) is 64.8 Å². The maximum atomic E-state index is 12.9. The van der Waals surface area contributed by atoms with Gasteiger partial charge in [0.15, 0.2) is 5.78 Å². The highest BCUT2D eigenvalue weighted by atomic mass is 32.1. The summed E-state index contributed by atoms with van der Waals surface area (Å²) in [6, 6.07) is 17.8. The second-order valence-electron chi connectivity index (χ2n) is 8.07. The predicted molar refractivity (Wildman–Crippen MR) is 130 cm³/mol. The van der Waals surface area contributed by atoms with Crippen molar-refractivity contribution in [3.8, 4) is 11.1 Å². The van der Waals surface area contributed by atoms with Crippen LogP contribution in [0.2, 0.25) is 0 Å². The fourth-order valence-electron chi connectivity index (χ4n) is 4.18. The number of nitrogens with one attached hydrogen (secondary N) is 1. The molecule has 0 radical (unpaired) electrons. The number of aromatic nitrogens is 2. The first kappa shape index (κ1) is 20.6. The number of H-pyrrole nitrogens is 1. The molecule has 4 aromatic rings. The van der Waals surface area contributed by atoms with Crippen molar-refractivity contribution < 1.29 is 4.79 Å². The van der Waals surface area contributed by atoms with E-state index in [0.717, 1.165) is 53.4 Å². The molecule has 1 fully saturated rings. The molecule has 2 aromatic heterocycles. The quantitative estimate of drug-likeness (QED) is 0.468. The lowest BCUT2D eigenvalue weighted by atomic mass is 10.1. The number of hydrogen-bond acceptors (Lipinski definition) is 6. The average Bonchev–Trinajstić information content (AvgIpc) is 3.25. The molecule has 0 unspecified atom stereocenters. The van der Waals surface area contributed by atoms with Crippen LogP contribution in [0.1, 0.15) is 23.1 Å². The Morgan fingerprint density at radius 1 is 1.03 bits per heavy atom. The Bertz CT molecular complexity index is 1300. The van der Waals surface area contributed by atoms with E-state index in [2.05, 4.69) is 14.8 Å². The molecule has 1 saturated heterocycles. The Morgan fingerprint density at radius 2 is 1.75 bits per heavy atom. The Labute approximate surface area is 190 Å². The van der Waals surface area contributed by atoms with Crippen molar-refractivity contribution in [1.29, 1.82) is 0 Å². The van der Waals surface area contributed by atoms with Gasteiger partial charge in [0, 0.05) is 48.4 Å². The molecule has 2 aromatic carbocycles. The molecule has 1 N–H and O–H groups in total. The molecule has 7 heteroatoms. The highest BCUT2D eigenvalue weighted by Gasteiger charge is 2.19. The number of piperazine rings is 1. The zero-order valence-electron chi connectivity index (χ0n) is 17.9. The number of aromatic amines is 1. The van der Waals surface area contributed by atoms with Crippen LogP contribution in [0.3, 0.4) is 0 Å². The molecule has 5 rings (SSSR count). The number of thiophene rings is 1. The van der Waals surface area contributed by atoms with E-state index in [1.807, 2.05) is 60.0 Å². The number of carbonyl (C=O) groups excluding carboxylic acids is 1. The van der Waals surface area contributed by atoms with Crippen LogP contribution >= 0.6 is 11.3 Å². The van der Waals surface area contributed by atoms with E-state index in [1.165, 1.54) is 11.3 Å². The molecular formula is C25H24N4O2S. The van der Waals surface area contributed by atoms with Crippen LogP contribution in [-0.2, 0) is 6.54 Å². The monoisotopic (exact) mass is 444 g/mol. The molecule has 1 aliphatic heterocycles. The van der Waals surface area contributed by atoms with E-state index in [0.29, 0.717) is 17.8 Å². The Morgan fingerprint density at radius 3 is 2.44 bits per heavy atom. The predicted octanol–water partition coefficient (Wildman–Crippen LogP) is 4.18. The molecule has 1 aliphatic rings. The first-order valence-electron chi connectivity index (χ1n) is 10.7. The number of rotatable bonds is 5. The number of benzene rings is 2. The van der Waals surface area contributed by atoms with E-state index in [9.17, 15) is 9.59 Å². The zero-order chi connectivity index (χ0) is 22.1. The van der Waals surface area contributed by atoms with Crippen molar-refractivity contribution in [2.24, 2.45) is 0 Å². The summed E-state index contributed by atoms with van der Waals surface area (Å²) in [5, 5.41) is 2.69. The maximum Gasteiger partial charge on any atom is 0.260 e. The third kappa shape index (κ3) is 4.09. The molecule has 0 bridgehead atoms. The third-order valence-corrected chi connectivity index (χ3v) is 6.83. The van der Waals surface area contributed by atoms with Crippen molar-refractivity contribution in [2.75, 3.05) is 31.1 Å². The van der Waals surface area contributed by atoms with Gasteiger partial charge in [0.05, 0.1) is 11.9 Å². The summed E-state index contributed by atoms with van der Waals surface area (Å²) in [5.41, 5.74) is 3.77. The number of fused-ring (bicyclic) bond motifs is 1. The van der Waals surface area contributed by atoms with E-state index >= 15 is 0 Å². The summed E-state index contributed by atoms with van der Waals surface area (Å²) in [6.45, 7) is 5.76. The molecular weight excluding hydrogens is 420 g/mol. The van der Waals surface area contributed by atoms with Gasteiger partial charge in [-0.25, -0.2) is 4.98 Å². The second-order valence-corrected chi connectivity index (χ2v) is 8.93. The smallest absolute Gasteiger partial charge is 0.260 e. The Balaban J connectivity index is 1.28. The lowest BCUT2D eigenvalue weighted by Crippen LogP contribution is -2.46. The van der Waals surface area contributed by atoms with Gasteiger partial charge in [-0.2, -0.15) is 0 Å². The number of anilines is 1. The number of hydrogen-bond donors (Lipinski definition) is 1. The van der Waals surface area contributed by atoms with Crippen molar-refractivity contribution >= 4 is 33.0 Å². The van der Waals surface area contributed by atoms with Crippen LogP contribution in [0.25, 0.3) is 21.3 Å². The van der Waals surface area contributed by atoms with Gasteiger partial charge in [-0.3, -0.25) is 14.5 Å². The topological polar surface area (TPSA) is 69.3 Å². The van der Waals surface area contributed by atoms with Gasteiger partial charge in [-0.1, -0.05) is 30.3 Å². The van der Waals surface area contributed by atoms with Crippen molar-refractivity contribution in [3.05, 3.63) is 81.7 Å². The molecule has 162 valence electrons. The summed E-state index contributed by atoms with van der Waals surface area (Å²) in [4.78, 5) is 37.5. The summed E-state index contributed by atoms with van der Waals surface area (Å²) < 4.78 is 0. The first-order chi connectivity index (χ1) is 15.6. The summed E-state index contributed by atoms with van der Waals surface area (Å²) >= 11 is 1.52. The van der Waals surface area contributed by atoms with Crippen molar-refractivity contribution in [2.45, 2.75) is 13.5 Å². The van der Waals surface area contributed by atoms with Crippen LogP contribution < -0.4 is 10.5 Å². The van der Waals surface area contributed by atoms with E-state index in [4.69, 9.17) is 4.98 Å². The largest absolute Gasteiger partial charge is 0.369 e. The van der Waals surface area contributed by atoms with Gasteiger partial charge in [0.2, 0.25) is 0 Å².